The van der Waals surface area contributed by atoms with Gasteiger partial charge in [0.25, 0.3) is 0 Å². The van der Waals surface area contributed by atoms with E-state index in [1.54, 1.807) is 6.08 Å². The second-order valence-corrected chi connectivity index (χ2v) is 16.0. The second-order valence-electron chi connectivity index (χ2n) is 16.0. The first-order valence-electron chi connectivity index (χ1n) is 24.0. The smallest absolute Gasteiger partial charge is 0.309 e. The molecule has 0 rings (SSSR count). The topological polar surface area (TPSA) is 78.9 Å². The highest BCUT2D eigenvalue weighted by molar-refractivity contribution is 5.72. The van der Waals surface area contributed by atoms with Gasteiger partial charge in [0.15, 0.2) is 6.10 Å². The van der Waals surface area contributed by atoms with E-state index < -0.39 is 12.1 Å². The van der Waals surface area contributed by atoms with Crippen LogP contribution in [0.1, 0.15) is 245 Å². The second kappa shape index (κ2) is 45.3. The standard InChI is InChI=1S/C50H90O6/c1-4-7-10-13-16-19-21-22-23-24-25-26-27-28-29-32-34-37-40-43-49(52)55-46-47(45-54-48(51)42-39-36-33-30-18-15-12-9-6-3)56-50(53)44-41-38-35-31-20-17-14-11-8-5-2/h9,12,18,30,36,39,47H,4-8,10-11,13-17,19-29,31-35,37-38,40-46H2,1-3H3/b12-9-,30-18-,39-36-. The van der Waals surface area contributed by atoms with Crippen molar-refractivity contribution in [2.45, 2.75) is 252 Å². The summed E-state index contributed by atoms with van der Waals surface area (Å²) >= 11 is 0. The van der Waals surface area contributed by atoms with Crippen LogP contribution >= 0.6 is 0 Å². The number of unbranched alkanes of at least 4 members (excludes halogenated alkanes) is 27. The molecule has 0 aliphatic rings. The van der Waals surface area contributed by atoms with Gasteiger partial charge >= 0.3 is 17.9 Å². The van der Waals surface area contributed by atoms with Gasteiger partial charge in [-0.2, -0.15) is 0 Å². The summed E-state index contributed by atoms with van der Waals surface area (Å²) in [5, 5.41) is 0. The number of carbonyl (C=O) groups is 3. The molecule has 0 spiro atoms. The fraction of sp³-hybridized carbons (Fsp3) is 0.820. The van der Waals surface area contributed by atoms with Crippen LogP contribution in [0.25, 0.3) is 0 Å². The Bertz CT molecular complexity index is 953. The molecule has 0 heterocycles. The Morgan fingerprint density at radius 1 is 0.375 bits per heavy atom. The van der Waals surface area contributed by atoms with Gasteiger partial charge in [-0.15, -0.1) is 0 Å². The number of hydrogen-bond donors (Lipinski definition) is 0. The Balaban J connectivity index is 4.26. The molecule has 326 valence electrons. The number of ether oxygens (including phenoxy) is 3. The van der Waals surface area contributed by atoms with E-state index in [4.69, 9.17) is 14.2 Å². The van der Waals surface area contributed by atoms with E-state index in [-0.39, 0.29) is 31.6 Å². The largest absolute Gasteiger partial charge is 0.462 e. The Morgan fingerprint density at radius 2 is 0.696 bits per heavy atom. The van der Waals surface area contributed by atoms with E-state index in [9.17, 15) is 14.4 Å². The minimum atomic E-state index is -0.799. The molecule has 1 atom stereocenters. The molecule has 1 unspecified atom stereocenters. The average molecular weight is 787 g/mol. The van der Waals surface area contributed by atoms with Crippen molar-refractivity contribution in [2.24, 2.45) is 0 Å². The van der Waals surface area contributed by atoms with Gasteiger partial charge in [0, 0.05) is 12.8 Å². The van der Waals surface area contributed by atoms with Crippen LogP contribution in [0.2, 0.25) is 0 Å². The van der Waals surface area contributed by atoms with Gasteiger partial charge in [-0.3, -0.25) is 14.4 Å². The molecule has 0 bridgehead atoms. The summed E-state index contributed by atoms with van der Waals surface area (Å²) in [7, 11) is 0. The van der Waals surface area contributed by atoms with E-state index in [1.807, 2.05) is 6.08 Å². The highest BCUT2D eigenvalue weighted by Crippen LogP contribution is 2.16. The van der Waals surface area contributed by atoms with Crippen LogP contribution < -0.4 is 0 Å². The maximum absolute atomic E-state index is 12.7. The lowest BCUT2D eigenvalue weighted by atomic mass is 10.0. The maximum Gasteiger partial charge on any atom is 0.309 e. The molecule has 0 aliphatic heterocycles. The van der Waals surface area contributed by atoms with Crippen molar-refractivity contribution in [3.63, 3.8) is 0 Å². The quantitative estimate of drug-likeness (QED) is 0.0265. The van der Waals surface area contributed by atoms with E-state index >= 15 is 0 Å². The molecule has 0 aromatic rings. The highest BCUT2D eigenvalue weighted by Gasteiger charge is 2.19. The van der Waals surface area contributed by atoms with Crippen LogP contribution in [-0.4, -0.2) is 37.2 Å². The van der Waals surface area contributed by atoms with Crippen LogP contribution in [-0.2, 0) is 28.6 Å². The Kier molecular flexibility index (Phi) is 43.4. The SMILES string of the molecule is CC/C=C\C/C=C\C/C=C\CC(=O)OCC(COC(=O)CCCCCCCCCCCCCCCCCCCCC)OC(=O)CCCCCCCCCCCC. The first-order chi connectivity index (χ1) is 27.5. The third kappa shape index (κ3) is 42.8. The molecular weight excluding hydrogens is 697 g/mol. The summed E-state index contributed by atoms with van der Waals surface area (Å²) < 4.78 is 16.6. The zero-order valence-corrected chi connectivity index (χ0v) is 37.2. The zero-order chi connectivity index (χ0) is 40.8. The van der Waals surface area contributed by atoms with Gasteiger partial charge in [0.1, 0.15) is 13.2 Å². The summed E-state index contributed by atoms with van der Waals surface area (Å²) in [5.41, 5.74) is 0. The first kappa shape index (κ1) is 53.6. The summed E-state index contributed by atoms with van der Waals surface area (Å²) in [6.07, 6.45) is 51.7. The molecule has 0 fully saturated rings. The van der Waals surface area contributed by atoms with Gasteiger partial charge in [-0.05, 0) is 32.1 Å². The lowest BCUT2D eigenvalue weighted by Crippen LogP contribution is -2.30. The molecule has 6 nitrogen and oxygen atoms in total. The van der Waals surface area contributed by atoms with Gasteiger partial charge in [0.2, 0.25) is 0 Å². The molecule has 56 heavy (non-hydrogen) atoms. The van der Waals surface area contributed by atoms with Crippen molar-refractivity contribution in [3.8, 4) is 0 Å². The van der Waals surface area contributed by atoms with Crippen LogP contribution in [0.5, 0.6) is 0 Å². The average Bonchev–Trinajstić information content (AvgIpc) is 3.19. The van der Waals surface area contributed by atoms with Crippen molar-refractivity contribution in [1.29, 1.82) is 0 Å². The number of allylic oxidation sites excluding steroid dienone is 5. The van der Waals surface area contributed by atoms with Crippen LogP contribution in [0.4, 0.5) is 0 Å². The zero-order valence-electron chi connectivity index (χ0n) is 37.2. The van der Waals surface area contributed by atoms with Crippen molar-refractivity contribution >= 4 is 17.9 Å². The van der Waals surface area contributed by atoms with Crippen molar-refractivity contribution in [2.75, 3.05) is 13.2 Å². The summed E-state index contributed by atoms with van der Waals surface area (Å²) in [5.74, 6) is -1.02. The minimum Gasteiger partial charge on any atom is -0.462 e. The third-order valence-electron chi connectivity index (χ3n) is 10.4. The molecule has 0 saturated carbocycles. The predicted molar refractivity (Wildman–Crippen MR) is 238 cm³/mol. The van der Waals surface area contributed by atoms with Crippen LogP contribution in [0.15, 0.2) is 36.5 Å². The molecule has 0 saturated heterocycles. The van der Waals surface area contributed by atoms with Gasteiger partial charge in [-0.1, -0.05) is 231 Å². The molecule has 0 N–H and O–H groups in total. The van der Waals surface area contributed by atoms with Crippen LogP contribution in [0.3, 0.4) is 0 Å². The molecule has 0 aromatic carbocycles. The number of esters is 3. The Hall–Kier alpha value is -2.37. The lowest BCUT2D eigenvalue weighted by Gasteiger charge is -2.18. The molecule has 0 amide bonds. The number of carbonyl (C=O) groups excluding carboxylic acids is 3. The highest BCUT2D eigenvalue weighted by atomic mass is 16.6. The maximum atomic E-state index is 12.7. The van der Waals surface area contributed by atoms with Gasteiger partial charge in [0.05, 0.1) is 6.42 Å². The Morgan fingerprint density at radius 3 is 1.09 bits per heavy atom. The first-order valence-corrected chi connectivity index (χ1v) is 24.0. The van der Waals surface area contributed by atoms with E-state index in [0.29, 0.717) is 12.8 Å². The van der Waals surface area contributed by atoms with E-state index in [2.05, 4.69) is 45.1 Å². The van der Waals surface area contributed by atoms with Crippen LogP contribution in [0, 0.1) is 0 Å². The summed E-state index contributed by atoms with van der Waals surface area (Å²) in [4.78, 5) is 37.6. The normalized spacial score (nSPS) is 12.3. The number of rotatable bonds is 43. The van der Waals surface area contributed by atoms with Crippen molar-refractivity contribution in [3.05, 3.63) is 36.5 Å². The number of hydrogen-bond acceptors (Lipinski definition) is 6. The van der Waals surface area contributed by atoms with Crippen molar-refractivity contribution < 1.29 is 28.6 Å². The minimum absolute atomic E-state index is 0.0951. The van der Waals surface area contributed by atoms with E-state index in [1.165, 1.54) is 148 Å². The van der Waals surface area contributed by atoms with Gasteiger partial charge in [-0.25, -0.2) is 0 Å². The summed E-state index contributed by atoms with van der Waals surface area (Å²) in [6, 6.07) is 0. The fourth-order valence-corrected chi connectivity index (χ4v) is 6.86. The lowest BCUT2D eigenvalue weighted by molar-refractivity contribution is -0.166. The summed E-state index contributed by atoms with van der Waals surface area (Å²) in [6.45, 7) is 6.42. The monoisotopic (exact) mass is 787 g/mol. The molecule has 0 radical (unpaired) electrons. The van der Waals surface area contributed by atoms with Crippen molar-refractivity contribution in [1.82, 2.24) is 0 Å². The molecule has 0 aromatic heterocycles. The fourth-order valence-electron chi connectivity index (χ4n) is 6.86. The molecular formula is C50H90O6. The predicted octanol–water partition coefficient (Wildman–Crippen LogP) is 15.4. The Labute approximate surface area is 346 Å². The molecule has 0 aliphatic carbocycles. The third-order valence-corrected chi connectivity index (χ3v) is 10.4. The molecule has 6 heteroatoms. The van der Waals surface area contributed by atoms with E-state index in [0.717, 1.165) is 57.8 Å². The van der Waals surface area contributed by atoms with Gasteiger partial charge < -0.3 is 14.2 Å².